The summed E-state index contributed by atoms with van der Waals surface area (Å²) in [7, 11) is 0. The lowest BCUT2D eigenvalue weighted by molar-refractivity contribution is -0.126. The Morgan fingerprint density at radius 3 is 2.55 bits per heavy atom. The number of carbonyl (C=O) groups is 1. The minimum atomic E-state index is -0.974. The monoisotopic (exact) mass is 296 g/mol. The van der Waals surface area contributed by atoms with Crippen molar-refractivity contribution < 1.29 is 19.7 Å². The van der Waals surface area contributed by atoms with Gasteiger partial charge >= 0.3 is 0 Å². The molecule has 0 amide bonds. The van der Waals surface area contributed by atoms with Crippen LogP contribution in [0.5, 0.6) is 0 Å². The maximum atomic E-state index is 12.5. The third kappa shape index (κ3) is 3.82. The average molecular weight is 296 g/mol. The number of thioether (sulfide) groups is 1. The smallest absolute Gasteiger partial charge is 0.152 e. The Labute approximate surface area is 123 Å². The molecule has 0 radical (unpaired) electrons. The van der Waals surface area contributed by atoms with Crippen LogP contribution in [0.3, 0.4) is 0 Å². The number of hydrogen-bond donors (Lipinski definition) is 2. The standard InChI is InChI=1S/C15H20O4S/c16-11-12(17)10-14(18)15(6-8-19-9-7-15)20-13-4-2-1-3-5-13/h1-5,12,16-17H,6-11H2/t12-/m1/s1. The van der Waals surface area contributed by atoms with E-state index in [1.807, 2.05) is 30.3 Å². The van der Waals surface area contributed by atoms with Crippen molar-refractivity contribution in [3.63, 3.8) is 0 Å². The topological polar surface area (TPSA) is 66.8 Å². The van der Waals surface area contributed by atoms with Crippen molar-refractivity contribution in [1.82, 2.24) is 0 Å². The number of aliphatic hydroxyl groups excluding tert-OH is 2. The van der Waals surface area contributed by atoms with Gasteiger partial charge in [-0.15, -0.1) is 11.8 Å². The van der Waals surface area contributed by atoms with Crippen molar-refractivity contribution in [1.29, 1.82) is 0 Å². The molecule has 1 aromatic carbocycles. The van der Waals surface area contributed by atoms with Gasteiger partial charge in [-0.3, -0.25) is 4.79 Å². The summed E-state index contributed by atoms with van der Waals surface area (Å²) < 4.78 is 4.82. The molecular formula is C15H20O4S. The normalized spacial score (nSPS) is 19.5. The van der Waals surface area contributed by atoms with E-state index in [0.29, 0.717) is 26.1 Å². The molecule has 0 spiro atoms. The zero-order valence-corrected chi connectivity index (χ0v) is 12.1. The SMILES string of the molecule is O=C(C[C@@H](O)CO)C1(Sc2ccccc2)CCOCC1. The summed E-state index contributed by atoms with van der Waals surface area (Å²) in [6.45, 7) is 0.732. The van der Waals surface area contributed by atoms with Gasteiger partial charge in [-0.25, -0.2) is 0 Å². The Morgan fingerprint density at radius 2 is 1.95 bits per heavy atom. The lowest BCUT2D eigenvalue weighted by atomic mass is 9.91. The Morgan fingerprint density at radius 1 is 1.30 bits per heavy atom. The van der Waals surface area contributed by atoms with Crippen LogP contribution < -0.4 is 0 Å². The molecule has 1 fully saturated rings. The van der Waals surface area contributed by atoms with Gasteiger partial charge in [0.1, 0.15) is 0 Å². The third-order valence-electron chi connectivity index (χ3n) is 3.50. The quantitative estimate of drug-likeness (QED) is 0.835. The second-order valence-electron chi connectivity index (χ2n) is 4.99. The number of aliphatic hydroxyl groups is 2. The highest BCUT2D eigenvalue weighted by molar-refractivity contribution is 8.01. The third-order valence-corrected chi connectivity index (χ3v) is 5.03. The first-order valence-corrected chi connectivity index (χ1v) is 7.62. The highest BCUT2D eigenvalue weighted by atomic mass is 32.2. The van der Waals surface area contributed by atoms with Crippen LogP contribution in [0.15, 0.2) is 35.2 Å². The van der Waals surface area contributed by atoms with E-state index < -0.39 is 10.9 Å². The van der Waals surface area contributed by atoms with Gasteiger partial charge in [0.25, 0.3) is 0 Å². The zero-order chi connectivity index (χ0) is 14.4. The Kier molecular flexibility index (Phi) is 5.60. The van der Waals surface area contributed by atoms with Crippen LogP contribution in [-0.4, -0.2) is 46.7 Å². The van der Waals surface area contributed by atoms with Gasteiger partial charge in [-0.1, -0.05) is 18.2 Å². The van der Waals surface area contributed by atoms with E-state index in [-0.39, 0.29) is 18.8 Å². The molecule has 1 atom stereocenters. The summed E-state index contributed by atoms with van der Waals surface area (Å²) in [6.07, 6.45) is 0.308. The molecule has 1 aliphatic heterocycles. The molecule has 4 nitrogen and oxygen atoms in total. The van der Waals surface area contributed by atoms with Crippen molar-refractivity contribution >= 4 is 17.5 Å². The molecule has 0 aromatic heterocycles. The van der Waals surface area contributed by atoms with Crippen LogP contribution in [-0.2, 0) is 9.53 Å². The molecule has 20 heavy (non-hydrogen) atoms. The highest BCUT2D eigenvalue weighted by Crippen LogP contribution is 2.42. The molecule has 1 heterocycles. The van der Waals surface area contributed by atoms with Gasteiger partial charge in [-0.2, -0.15) is 0 Å². The van der Waals surface area contributed by atoms with Crippen molar-refractivity contribution in [2.24, 2.45) is 0 Å². The number of rotatable bonds is 6. The van der Waals surface area contributed by atoms with Crippen molar-refractivity contribution in [2.45, 2.75) is 35.0 Å². The average Bonchev–Trinajstić information content (AvgIpc) is 2.49. The van der Waals surface area contributed by atoms with Gasteiger partial charge in [0.2, 0.25) is 0 Å². The molecule has 5 heteroatoms. The maximum Gasteiger partial charge on any atom is 0.152 e. The van der Waals surface area contributed by atoms with Gasteiger partial charge in [-0.05, 0) is 25.0 Å². The van der Waals surface area contributed by atoms with Gasteiger partial charge < -0.3 is 14.9 Å². The fourth-order valence-corrected chi connectivity index (χ4v) is 3.63. The molecule has 2 N–H and O–H groups in total. The van der Waals surface area contributed by atoms with E-state index in [1.54, 1.807) is 11.8 Å². The number of ketones is 1. The summed E-state index contributed by atoms with van der Waals surface area (Å²) in [5.74, 6) is -0.00352. The Balaban J connectivity index is 2.14. The molecule has 1 aliphatic rings. The first-order chi connectivity index (χ1) is 9.66. The van der Waals surface area contributed by atoms with Crippen LogP contribution in [0.2, 0.25) is 0 Å². The summed E-state index contributed by atoms with van der Waals surface area (Å²) in [4.78, 5) is 13.6. The minimum absolute atomic E-state index is 0.00352. The second kappa shape index (κ2) is 7.22. The maximum absolute atomic E-state index is 12.5. The lowest BCUT2D eigenvalue weighted by Gasteiger charge is -2.35. The van der Waals surface area contributed by atoms with Crippen LogP contribution in [0.4, 0.5) is 0 Å². The highest BCUT2D eigenvalue weighted by Gasteiger charge is 2.41. The predicted octanol–water partition coefficient (Wildman–Crippen LogP) is 1.64. The number of hydrogen-bond acceptors (Lipinski definition) is 5. The summed E-state index contributed by atoms with van der Waals surface area (Å²) in [5.41, 5.74) is 0. The van der Waals surface area contributed by atoms with Gasteiger partial charge in [0.15, 0.2) is 5.78 Å². The van der Waals surface area contributed by atoms with Crippen LogP contribution in [0.25, 0.3) is 0 Å². The van der Waals surface area contributed by atoms with Crippen molar-refractivity contribution in [3.05, 3.63) is 30.3 Å². The molecular weight excluding hydrogens is 276 g/mol. The molecule has 0 saturated carbocycles. The molecule has 1 saturated heterocycles. The van der Waals surface area contributed by atoms with Crippen LogP contribution >= 0.6 is 11.8 Å². The minimum Gasteiger partial charge on any atom is -0.394 e. The van der Waals surface area contributed by atoms with Crippen molar-refractivity contribution in [2.75, 3.05) is 19.8 Å². The van der Waals surface area contributed by atoms with Crippen molar-refractivity contribution in [3.8, 4) is 0 Å². The molecule has 0 unspecified atom stereocenters. The molecule has 2 rings (SSSR count). The Bertz CT molecular complexity index is 429. The second-order valence-corrected chi connectivity index (χ2v) is 6.44. The Hall–Kier alpha value is -0.880. The van der Waals surface area contributed by atoms with E-state index in [1.165, 1.54) is 0 Å². The van der Waals surface area contributed by atoms with E-state index in [0.717, 1.165) is 4.90 Å². The molecule has 1 aromatic rings. The predicted molar refractivity (Wildman–Crippen MR) is 77.8 cm³/mol. The van der Waals surface area contributed by atoms with E-state index in [9.17, 15) is 9.90 Å². The van der Waals surface area contributed by atoms with Crippen LogP contribution in [0.1, 0.15) is 19.3 Å². The largest absolute Gasteiger partial charge is 0.394 e. The zero-order valence-electron chi connectivity index (χ0n) is 11.3. The first kappa shape index (κ1) is 15.5. The summed E-state index contributed by atoms with van der Waals surface area (Å²) >= 11 is 1.55. The number of ether oxygens (including phenoxy) is 1. The van der Waals surface area contributed by atoms with E-state index >= 15 is 0 Å². The fraction of sp³-hybridized carbons (Fsp3) is 0.533. The molecule has 110 valence electrons. The number of carbonyl (C=O) groups excluding carboxylic acids is 1. The van der Waals surface area contributed by atoms with Gasteiger partial charge in [0, 0.05) is 24.5 Å². The molecule has 0 bridgehead atoms. The fourth-order valence-electron chi connectivity index (χ4n) is 2.32. The number of Topliss-reactive ketones (excluding diaryl/α,β-unsaturated/α-hetero) is 1. The summed E-state index contributed by atoms with van der Waals surface area (Å²) in [5, 5.41) is 18.5. The lowest BCUT2D eigenvalue weighted by Crippen LogP contribution is -2.42. The van der Waals surface area contributed by atoms with Gasteiger partial charge in [0.05, 0.1) is 17.5 Å². The molecule has 0 aliphatic carbocycles. The van der Waals surface area contributed by atoms with E-state index in [4.69, 9.17) is 9.84 Å². The number of benzene rings is 1. The van der Waals surface area contributed by atoms with E-state index in [2.05, 4.69) is 0 Å². The summed E-state index contributed by atoms with van der Waals surface area (Å²) in [6, 6.07) is 9.80. The first-order valence-electron chi connectivity index (χ1n) is 6.80. The van der Waals surface area contributed by atoms with Crippen LogP contribution in [0, 0.1) is 0 Å².